The molecule has 1 aliphatic heterocycles. The summed E-state index contributed by atoms with van der Waals surface area (Å²) in [5.41, 5.74) is 3.57. The summed E-state index contributed by atoms with van der Waals surface area (Å²) < 4.78 is 19.2. The monoisotopic (exact) mass is 627 g/mol. The van der Waals surface area contributed by atoms with Gasteiger partial charge in [-0.05, 0) is 77.4 Å². The van der Waals surface area contributed by atoms with Crippen LogP contribution in [0.2, 0.25) is 0 Å². The summed E-state index contributed by atoms with van der Waals surface area (Å²) in [4.78, 5) is 47.3. The lowest BCUT2D eigenvalue weighted by molar-refractivity contribution is -0.127. The average molecular weight is 628 g/mol. The number of aryl methyl sites for hydroxylation is 1. The highest BCUT2D eigenvalue weighted by molar-refractivity contribution is 7.07. The summed E-state index contributed by atoms with van der Waals surface area (Å²) >= 11 is 1.24. The van der Waals surface area contributed by atoms with Crippen molar-refractivity contribution >= 4 is 29.3 Å². The quantitative estimate of drug-likeness (QED) is 0.235. The van der Waals surface area contributed by atoms with E-state index in [9.17, 15) is 14.4 Å². The van der Waals surface area contributed by atoms with Crippen LogP contribution in [0.15, 0.2) is 80.1 Å². The van der Waals surface area contributed by atoms with Gasteiger partial charge in [-0.3, -0.25) is 14.2 Å². The topological polar surface area (TPSA) is 103 Å². The number of thiazole rings is 1. The molecule has 0 bridgehead atoms. The van der Waals surface area contributed by atoms with E-state index in [4.69, 9.17) is 18.9 Å². The first-order valence-electron chi connectivity index (χ1n) is 14.9. The van der Waals surface area contributed by atoms with Gasteiger partial charge in [0.05, 0.1) is 34.6 Å². The van der Waals surface area contributed by atoms with Gasteiger partial charge in [0.25, 0.3) is 11.5 Å². The highest BCUT2D eigenvalue weighted by Crippen LogP contribution is 2.36. The molecule has 0 aliphatic carbocycles. The average Bonchev–Trinajstić information content (AvgIpc) is 3.60. The fourth-order valence-corrected chi connectivity index (χ4v) is 6.54. The molecule has 10 heteroatoms. The van der Waals surface area contributed by atoms with Gasteiger partial charge in [0, 0.05) is 30.3 Å². The minimum absolute atomic E-state index is 0.166. The number of hydrogen-bond acceptors (Lipinski definition) is 8. The second-order valence-corrected chi connectivity index (χ2v) is 12.0. The van der Waals surface area contributed by atoms with E-state index in [0.29, 0.717) is 62.1 Å². The highest BCUT2D eigenvalue weighted by atomic mass is 32.1. The number of hydrogen-bond donors (Lipinski definition) is 0. The number of para-hydroxylation sites is 1. The Bertz CT molecular complexity index is 1980. The third kappa shape index (κ3) is 6.15. The molecule has 0 unspecified atom stereocenters. The van der Waals surface area contributed by atoms with Gasteiger partial charge < -0.3 is 18.8 Å². The van der Waals surface area contributed by atoms with Gasteiger partial charge in [0.15, 0.2) is 4.80 Å². The molecule has 234 valence electrons. The number of fused-ring (bicyclic) bond motifs is 1. The predicted molar refractivity (Wildman–Crippen MR) is 174 cm³/mol. The van der Waals surface area contributed by atoms with E-state index >= 15 is 0 Å². The van der Waals surface area contributed by atoms with E-state index in [1.807, 2.05) is 77.9 Å². The molecule has 0 radical (unpaired) electrons. The van der Waals surface area contributed by atoms with Crippen molar-refractivity contribution in [1.82, 2.24) is 9.47 Å². The Labute approximate surface area is 265 Å². The highest BCUT2D eigenvalue weighted by Gasteiger charge is 2.35. The molecule has 0 saturated carbocycles. The number of methoxy groups -OCH3 is 1. The van der Waals surface area contributed by atoms with Crippen LogP contribution in [-0.4, -0.2) is 47.6 Å². The lowest BCUT2D eigenvalue weighted by Crippen LogP contribution is -2.43. The maximum absolute atomic E-state index is 14.1. The minimum atomic E-state index is -0.719. The van der Waals surface area contributed by atoms with Gasteiger partial charge in [-0.1, -0.05) is 35.6 Å². The van der Waals surface area contributed by atoms with Crippen molar-refractivity contribution in [3.8, 4) is 17.1 Å². The zero-order valence-corrected chi connectivity index (χ0v) is 27.4. The Hall–Kier alpha value is -4.70. The van der Waals surface area contributed by atoms with Crippen molar-refractivity contribution in [2.45, 2.75) is 53.7 Å². The van der Waals surface area contributed by atoms with Crippen molar-refractivity contribution in [3.63, 3.8) is 0 Å². The summed E-state index contributed by atoms with van der Waals surface area (Å²) in [6, 6.07) is 15.7. The molecule has 4 aromatic rings. The number of carbonyl (C=O) groups excluding carboxylic acids is 2. The fraction of sp³-hybridized carbons (Fsp3) is 0.314. The molecule has 5 rings (SSSR count). The Morgan fingerprint density at radius 1 is 1.09 bits per heavy atom. The van der Waals surface area contributed by atoms with Crippen LogP contribution in [0.4, 0.5) is 0 Å². The van der Waals surface area contributed by atoms with E-state index in [1.54, 1.807) is 40.9 Å². The van der Waals surface area contributed by atoms with Crippen LogP contribution < -0.4 is 19.6 Å². The number of benzene rings is 2. The zero-order chi connectivity index (χ0) is 32.4. The first-order chi connectivity index (χ1) is 21.6. The summed E-state index contributed by atoms with van der Waals surface area (Å²) in [7, 11) is 1.58. The van der Waals surface area contributed by atoms with Crippen LogP contribution in [0.5, 0.6) is 5.75 Å². The third-order valence-corrected chi connectivity index (χ3v) is 8.69. The predicted octanol–water partition coefficient (Wildman–Crippen LogP) is 5.25. The van der Waals surface area contributed by atoms with Crippen LogP contribution in [0, 0.1) is 6.92 Å². The largest absolute Gasteiger partial charge is 0.496 e. The number of carbonyl (C=O) groups is 2. The number of allylic oxidation sites excluding steroid dienone is 1. The smallest absolute Gasteiger partial charge is 0.338 e. The Kier molecular flexibility index (Phi) is 9.24. The van der Waals surface area contributed by atoms with Crippen LogP contribution in [-0.2, 0) is 9.53 Å². The molecular weight excluding hydrogens is 590 g/mol. The molecule has 2 aromatic carbocycles. The molecule has 0 fully saturated rings. The molecule has 45 heavy (non-hydrogen) atoms. The first-order valence-corrected chi connectivity index (χ1v) is 15.8. The third-order valence-electron chi connectivity index (χ3n) is 7.71. The maximum atomic E-state index is 14.1. The van der Waals surface area contributed by atoms with E-state index in [-0.39, 0.29) is 23.5 Å². The molecule has 0 saturated heterocycles. The number of aromatic nitrogens is 1. The molecule has 1 amide bonds. The number of furan rings is 1. The normalized spacial score (nSPS) is 14.8. The molecule has 2 aromatic heterocycles. The van der Waals surface area contributed by atoms with Gasteiger partial charge in [-0.25, -0.2) is 9.79 Å². The molecule has 9 nitrogen and oxygen atoms in total. The van der Waals surface area contributed by atoms with Gasteiger partial charge in [-0.15, -0.1) is 0 Å². The van der Waals surface area contributed by atoms with E-state index in [1.165, 1.54) is 11.3 Å². The fourth-order valence-electron chi connectivity index (χ4n) is 5.52. The Morgan fingerprint density at radius 3 is 2.49 bits per heavy atom. The second kappa shape index (κ2) is 13.1. The van der Waals surface area contributed by atoms with Crippen molar-refractivity contribution in [1.29, 1.82) is 0 Å². The van der Waals surface area contributed by atoms with Crippen molar-refractivity contribution in [2.24, 2.45) is 4.99 Å². The second-order valence-electron chi connectivity index (χ2n) is 11.0. The number of amides is 1. The number of likely N-dealkylation sites (N-methyl/N-ethyl adjacent to an activating group) is 1. The molecule has 1 atom stereocenters. The number of ether oxygens (including phenoxy) is 2. The van der Waals surface area contributed by atoms with Crippen LogP contribution >= 0.6 is 11.3 Å². The summed E-state index contributed by atoms with van der Waals surface area (Å²) in [5.74, 6) is 1.12. The summed E-state index contributed by atoms with van der Waals surface area (Å²) in [6.45, 7) is 12.2. The molecule has 3 heterocycles. The Morgan fingerprint density at radius 2 is 1.82 bits per heavy atom. The molecule has 0 spiro atoms. The van der Waals surface area contributed by atoms with Crippen LogP contribution in [0.1, 0.15) is 67.9 Å². The number of nitrogens with zero attached hydrogens (tertiary/aromatic N) is 3. The van der Waals surface area contributed by atoms with Gasteiger partial charge in [-0.2, -0.15) is 0 Å². The van der Waals surface area contributed by atoms with Crippen molar-refractivity contribution in [2.75, 3.05) is 20.2 Å². The summed E-state index contributed by atoms with van der Waals surface area (Å²) in [5, 5.41) is 0. The number of esters is 1. The maximum Gasteiger partial charge on any atom is 0.338 e. The first kappa shape index (κ1) is 31.7. The number of rotatable bonds is 9. The van der Waals surface area contributed by atoms with Gasteiger partial charge in [0.2, 0.25) is 0 Å². The van der Waals surface area contributed by atoms with Crippen molar-refractivity contribution < 1.29 is 23.5 Å². The van der Waals surface area contributed by atoms with E-state index in [2.05, 4.69) is 0 Å². The zero-order valence-electron chi connectivity index (χ0n) is 26.5. The lowest BCUT2D eigenvalue weighted by Gasteiger charge is -2.29. The van der Waals surface area contributed by atoms with Gasteiger partial charge in [0.1, 0.15) is 23.3 Å². The van der Waals surface area contributed by atoms with Crippen LogP contribution in [0.3, 0.4) is 0 Å². The Balaban J connectivity index is 1.58. The van der Waals surface area contributed by atoms with Gasteiger partial charge >= 0.3 is 5.97 Å². The summed E-state index contributed by atoms with van der Waals surface area (Å²) in [6.07, 6.45) is 1.49. The minimum Gasteiger partial charge on any atom is -0.496 e. The SMILES string of the molecule is CCN(CC)C(=O)C1=C(C)N=c2s/c(=C\c3ccc(-c4ccc(C(=O)OC(C)C)cc4C)o3)c(=O)n2[C@@H]1c1ccccc1OC. The standard InChI is InChI=1S/C35H37N3O6S/c1-8-37(9-2)33(40)30-22(6)36-35-38(31(30)26-12-10-11-13-27(26)42-7)32(39)29(45-35)19-24-15-17-28(44-24)25-16-14-23(18-21(25)5)34(41)43-20(3)4/h10-20,31H,8-9H2,1-7H3/b29-19-/t31-/m1/s1. The van der Waals surface area contributed by atoms with Crippen molar-refractivity contribution in [3.05, 3.63) is 108 Å². The lowest BCUT2D eigenvalue weighted by atomic mass is 9.94. The van der Waals surface area contributed by atoms with Crippen LogP contribution in [0.25, 0.3) is 17.4 Å². The molecule has 1 aliphatic rings. The van der Waals surface area contributed by atoms with E-state index in [0.717, 1.165) is 11.1 Å². The molecule has 0 N–H and O–H groups in total. The molecular formula is C35H37N3O6S. The van der Waals surface area contributed by atoms with E-state index < -0.39 is 6.04 Å².